The molecule has 0 nitrogen and oxygen atoms in total. The standard InChI is InChI=1S/C11H18/c1-4-5-10(2,3)11-6-9(7-11)8-11/h4-5,9H,6-8H2,1-3H3. The van der Waals surface area contributed by atoms with E-state index >= 15 is 0 Å². The predicted octanol–water partition coefficient (Wildman–Crippen LogP) is 3.39. The summed E-state index contributed by atoms with van der Waals surface area (Å²) in [5.74, 6) is 1.11. The van der Waals surface area contributed by atoms with Gasteiger partial charge in [0.05, 0.1) is 0 Å². The van der Waals surface area contributed by atoms with Gasteiger partial charge < -0.3 is 0 Å². The molecule has 3 rings (SSSR count). The maximum absolute atomic E-state index is 2.39. The molecule has 3 aliphatic rings. The Bertz CT molecular complexity index is 181. The lowest BCUT2D eigenvalue weighted by Crippen LogP contribution is -2.59. The molecule has 0 saturated heterocycles. The van der Waals surface area contributed by atoms with Crippen LogP contribution >= 0.6 is 0 Å². The van der Waals surface area contributed by atoms with Crippen molar-refractivity contribution in [3.8, 4) is 0 Å². The van der Waals surface area contributed by atoms with Crippen LogP contribution in [0.25, 0.3) is 0 Å². The molecular formula is C11H18. The zero-order valence-electron chi connectivity index (χ0n) is 7.85. The fourth-order valence-corrected chi connectivity index (χ4v) is 2.86. The lowest BCUT2D eigenvalue weighted by Gasteiger charge is -2.68. The molecule has 3 fully saturated rings. The summed E-state index contributed by atoms with van der Waals surface area (Å²) in [5.41, 5.74) is 1.20. The molecule has 11 heavy (non-hydrogen) atoms. The van der Waals surface area contributed by atoms with Gasteiger partial charge in [-0.05, 0) is 42.9 Å². The molecule has 3 saturated carbocycles. The Balaban J connectivity index is 2.12. The van der Waals surface area contributed by atoms with Gasteiger partial charge in [-0.15, -0.1) is 0 Å². The van der Waals surface area contributed by atoms with Crippen molar-refractivity contribution in [2.24, 2.45) is 16.7 Å². The Labute approximate surface area is 69.7 Å². The van der Waals surface area contributed by atoms with Gasteiger partial charge in [0.15, 0.2) is 0 Å². The third kappa shape index (κ3) is 0.758. The molecule has 0 heteroatoms. The summed E-state index contributed by atoms with van der Waals surface area (Å²) in [6.45, 7) is 6.91. The second-order valence-electron chi connectivity index (χ2n) is 4.98. The first-order valence-corrected chi connectivity index (χ1v) is 4.73. The SMILES string of the molecule is CC=CC(C)(C)C12CC(C1)C2. The summed E-state index contributed by atoms with van der Waals surface area (Å²) >= 11 is 0. The van der Waals surface area contributed by atoms with Crippen LogP contribution < -0.4 is 0 Å². The van der Waals surface area contributed by atoms with Gasteiger partial charge in [0.1, 0.15) is 0 Å². The van der Waals surface area contributed by atoms with Crippen LogP contribution in [-0.2, 0) is 0 Å². The van der Waals surface area contributed by atoms with Crippen LogP contribution in [0.2, 0.25) is 0 Å². The minimum atomic E-state index is 0.469. The van der Waals surface area contributed by atoms with Crippen LogP contribution in [0.5, 0.6) is 0 Å². The normalized spacial score (nSPS) is 41.9. The molecule has 3 aliphatic carbocycles. The molecule has 0 atom stereocenters. The van der Waals surface area contributed by atoms with Crippen LogP contribution in [0.4, 0.5) is 0 Å². The number of rotatable bonds is 2. The van der Waals surface area contributed by atoms with E-state index in [1.165, 1.54) is 19.3 Å². The average Bonchev–Trinajstić information content (AvgIpc) is 1.51. The van der Waals surface area contributed by atoms with Gasteiger partial charge >= 0.3 is 0 Å². The largest absolute Gasteiger partial charge is 0.0911 e. The maximum atomic E-state index is 2.39. The van der Waals surface area contributed by atoms with E-state index < -0.39 is 0 Å². The lowest BCUT2D eigenvalue weighted by molar-refractivity contribution is -0.170. The molecule has 0 radical (unpaired) electrons. The fourth-order valence-electron chi connectivity index (χ4n) is 2.86. The summed E-state index contributed by atoms with van der Waals surface area (Å²) in [5, 5.41) is 0. The zero-order chi connectivity index (χ0) is 8.11. The van der Waals surface area contributed by atoms with Gasteiger partial charge in [-0.1, -0.05) is 26.0 Å². The summed E-state index contributed by atoms with van der Waals surface area (Å²) in [6, 6.07) is 0. The summed E-state index contributed by atoms with van der Waals surface area (Å²) in [4.78, 5) is 0. The molecule has 0 unspecified atom stereocenters. The first-order valence-electron chi connectivity index (χ1n) is 4.73. The zero-order valence-corrected chi connectivity index (χ0v) is 7.85. The van der Waals surface area contributed by atoms with Crippen LogP contribution in [-0.4, -0.2) is 0 Å². The number of allylic oxidation sites excluding steroid dienone is 2. The van der Waals surface area contributed by atoms with E-state index in [1.807, 2.05) is 0 Å². The molecule has 0 N–H and O–H groups in total. The van der Waals surface area contributed by atoms with Gasteiger partial charge in [-0.2, -0.15) is 0 Å². The van der Waals surface area contributed by atoms with Crippen LogP contribution in [0.3, 0.4) is 0 Å². The van der Waals surface area contributed by atoms with E-state index in [1.54, 1.807) is 0 Å². The quantitative estimate of drug-likeness (QED) is 0.529. The minimum absolute atomic E-state index is 0.469. The van der Waals surface area contributed by atoms with Gasteiger partial charge in [-0.25, -0.2) is 0 Å². The molecule has 0 aromatic heterocycles. The van der Waals surface area contributed by atoms with Crippen LogP contribution in [0.15, 0.2) is 12.2 Å². The molecule has 2 bridgehead atoms. The molecule has 0 aliphatic heterocycles. The van der Waals surface area contributed by atoms with Gasteiger partial charge in [0, 0.05) is 0 Å². The van der Waals surface area contributed by atoms with Crippen molar-refractivity contribution in [2.75, 3.05) is 0 Å². The van der Waals surface area contributed by atoms with Crippen molar-refractivity contribution < 1.29 is 0 Å². The third-order valence-electron chi connectivity index (χ3n) is 3.99. The van der Waals surface area contributed by atoms with Crippen LogP contribution in [0.1, 0.15) is 40.0 Å². The van der Waals surface area contributed by atoms with Crippen molar-refractivity contribution in [3.05, 3.63) is 12.2 Å². The van der Waals surface area contributed by atoms with Gasteiger partial charge in [-0.3, -0.25) is 0 Å². The van der Waals surface area contributed by atoms with E-state index in [2.05, 4.69) is 32.9 Å². The second kappa shape index (κ2) is 1.91. The summed E-state index contributed by atoms with van der Waals surface area (Å²) < 4.78 is 0. The Kier molecular flexibility index (Phi) is 1.28. The molecule has 62 valence electrons. The van der Waals surface area contributed by atoms with E-state index in [4.69, 9.17) is 0 Å². The van der Waals surface area contributed by atoms with Crippen molar-refractivity contribution in [1.82, 2.24) is 0 Å². The van der Waals surface area contributed by atoms with E-state index in [0.717, 1.165) is 11.3 Å². The smallest absolute Gasteiger partial charge is 0.0118 e. The van der Waals surface area contributed by atoms with Crippen molar-refractivity contribution in [2.45, 2.75) is 40.0 Å². The van der Waals surface area contributed by atoms with Crippen LogP contribution in [0, 0.1) is 16.7 Å². The first kappa shape index (κ1) is 7.39. The number of hydrogen-bond acceptors (Lipinski definition) is 0. The predicted molar refractivity (Wildman–Crippen MR) is 48.4 cm³/mol. The van der Waals surface area contributed by atoms with Gasteiger partial charge in [0.25, 0.3) is 0 Å². The lowest BCUT2D eigenvalue weighted by atomic mass is 9.36. The highest BCUT2D eigenvalue weighted by Crippen LogP contribution is 2.72. The summed E-state index contributed by atoms with van der Waals surface area (Å²) in [6.07, 6.45) is 9.11. The highest BCUT2D eigenvalue weighted by molar-refractivity contribution is 5.18. The van der Waals surface area contributed by atoms with E-state index in [0.29, 0.717) is 5.41 Å². The van der Waals surface area contributed by atoms with E-state index in [-0.39, 0.29) is 0 Å². The monoisotopic (exact) mass is 150 g/mol. The third-order valence-corrected chi connectivity index (χ3v) is 3.99. The molecule has 0 aromatic rings. The highest BCUT2D eigenvalue weighted by Gasteiger charge is 2.62. The molecule has 0 heterocycles. The molecular weight excluding hydrogens is 132 g/mol. The Hall–Kier alpha value is -0.260. The summed E-state index contributed by atoms with van der Waals surface area (Å²) in [7, 11) is 0. The Morgan fingerprint density at radius 2 is 1.82 bits per heavy atom. The molecule has 0 amide bonds. The van der Waals surface area contributed by atoms with E-state index in [9.17, 15) is 0 Å². The van der Waals surface area contributed by atoms with Crippen molar-refractivity contribution >= 4 is 0 Å². The topological polar surface area (TPSA) is 0 Å². The molecule has 0 aromatic carbocycles. The maximum Gasteiger partial charge on any atom is -0.0118 e. The average molecular weight is 150 g/mol. The van der Waals surface area contributed by atoms with Crippen molar-refractivity contribution in [3.63, 3.8) is 0 Å². The first-order chi connectivity index (χ1) is 5.10. The Morgan fingerprint density at radius 3 is 2.09 bits per heavy atom. The molecule has 0 spiro atoms. The van der Waals surface area contributed by atoms with Gasteiger partial charge in [0.2, 0.25) is 0 Å². The Morgan fingerprint density at radius 1 is 1.27 bits per heavy atom. The highest BCUT2D eigenvalue weighted by atomic mass is 14.7. The fraction of sp³-hybridized carbons (Fsp3) is 0.818. The second-order valence-corrected chi connectivity index (χ2v) is 4.98. The number of hydrogen-bond donors (Lipinski definition) is 0. The minimum Gasteiger partial charge on any atom is -0.0911 e. The van der Waals surface area contributed by atoms with Crippen molar-refractivity contribution in [1.29, 1.82) is 0 Å².